The molecule has 0 unspecified atom stereocenters. The molecule has 0 fully saturated rings. The summed E-state index contributed by atoms with van der Waals surface area (Å²) in [6, 6.07) is 6.24. The van der Waals surface area contributed by atoms with E-state index in [1.165, 1.54) is 12.1 Å². The van der Waals surface area contributed by atoms with Crippen molar-refractivity contribution in [3.8, 4) is 0 Å². The Hall–Kier alpha value is -1.42. The summed E-state index contributed by atoms with van der Waals surface area (Å²) in [6.45, 7) is 0. The number of benzene rings is 1. The van der Waals surface area contributed by atoms with Crippen LogP contribution in [-0.4, -0.2) is 12.9 Å². The van der Waals surface area contributed by atoms with Crippen molar-refractivity contribution in [2.75, 3.05) is 7.05 Å². The van der Waals surface area contributed by atoms with Gasteiger partial charge in [-0.05, 0) is 17.7 Å². The van der Waals surface area contributed by atoms with Crippen LogP contribution in [0.4, 0.5) is 4.39 Å². The second-order valence-corrected chi connectivity index (χ2v) is 2.62. The van der Waals surface area contributed by atoms with E-state index in [1.54, 1.807) is 19.2 Å². The predicted molar refractivity (Wildman–Crippen MR) is 50.8 cm³/mol. The first-order valence-corrected chi connectivity index (χ1v) is 3.93. The van der Waals surface area contributed by atoms with Gasteiger partial charge >= 0.3 is 0 Å². The maximum atomic E-state index is 12.5. The van der Waals surface area contributed by atoms with Gasteiger partial charge in [-0.15, -0.1) is 0 Å². The number of nitrogens with zero attached hydrogens (tertiary/aromatic N) is 1. The van der Waals surface area contributed by atoms with Crippen LogP contribution in [0.2, 0.25) is 0 Å². The van der Waals surface area contributed by atoms with Crippen LogP contribution in [0.15, 0.2) is 29.3 Å². The van der Waals surface area contributed by atoms with E-state index in [0.717, 1.165) is 5.56 Å². The molecule has 0 heterocycles. The van der Waals surface area contributed by atoms with E-state index in [-0.39, 0.29) is 5.82 Å². The fraction of sp³-hybridized carbons (Fsp3) is 0.222. The lowest BCUT2D eigenvalue weighted by Gasteiger charge is -2.03. The summed E-state index contributed by atoms with van der Waals surface area (Å²) in [6.07, 6.45) is 0.591. The smallest absolute Gasteiger partial charge is 0.123 e. The van der Waals surface area contributed by atoms with Crippen molar-refractivity contribution >= 4 is 5.84 Å². The van der Waals surface area contributed by atoms with E-state index >= 15 is 0 Å². The third-order valence-electron chi connectivity index (χ3n) is 1.72. The zero-order valence-electron chi connectivity index (χ0n) is 7.42. The molecule has 1 aromatic rings. The lowest BCUT2D eigenvalue weighted by Crippen LogP contribution is -2.31. The average molecular weight is 181 g/mol. The van der Waals surface area contributed by atoms with Gasteiger partial charge in [-0.3, -0.25) is 4.99 Å². The number of rotatable bonds is 2. The molecule has 70 valence electrons. The molecule has 0 aliphatic carbocycles. The quantitative estimate of drug-likeness (QED) is 0.308. The van der Waals surface area contributed by atoms with Gasteiger partial charge in [0.1, 0.15) is 11.7 Å². The number of hydrogen-bond acceptors (Lipinski definition) is 2. The molecular weight excluding hydrogens is 169 g/mol. The van der Waals surface area contributed by atoms with Gasteiger partial charge in [-0.2, -0.15) is 0 Å². The standard InChI is InChI=1S/C9H12FN3/c1-12-9(13-11)6-7-2-4-8(10)5-3-7/h2-5H,6,11H2,1H3,(H,12,13). The minimum atomic E-state index is -0.237. The molecule has 0 aromatic heterocycles. The first-order valence-electron chi connectivity index (χ1n) is 3.93. The second-order valence-electron chi connectivity index (χ2n) is 2.62. The maximum Gasteiger partial charge on any atom is 0.123 e. The number of hydrazine groups is 1. The molecule has 0 aliphatic heterocycles. The van der Waals surface area contributed by atoms with Gasteiger partial charge in [0.05, 0.1) is 0 Å². The molecule has 0 saturated carbocycles. The van der Waals surface area contributed by atoms with Crippen LogP contribution in [0, 0.1) is 5.82 Å². The maximum absolute atomic E-state index is 12.5. The van der Waals surface area contributed by atoms with Gasteiger partial charge in [0.2, 0.25) is 0 Å². The van der Waals surface area contributed by atoms with Crippen LogP contribution in [0.3, 0.4) is 0 Å². The molecular formula is C9H12FN3. The average Bonchev–Trinajstić information content (AvgIpc) is 2.17. The highest BCUT2D eigenvalue weighted by Crippen LogP contribution is 2.03. The van der Waals surface area contributed by atoms with Crippen LogP contribution in [0.5, 0.6) is 0 Å². The van der Waals surface area contributed by atoms with Crippen molar-refractivity contribution < 1.29 is 4.39 Å². The monoisotopic (exact) mass is 181 g/mol. The molecule has 0 amide bonds. The molecule has 0 atom stereocenters. The molecule has 3 N–H and O–H groups in total. The van der Waals surface area contributed by atoms with Crippen molar-refractivity contribution in [2.24, 2.45) is 10.8 Å². The Labute approximate surface area is 76.4 Å². The number of hydrogen-bond donors (Lipinski definition) is 2. The fourth-order valence-electron chi connectivity index (χ4n) is 0.990. The predicted octanol–water partition coefficient (Wildman–Crippen LogP) is 0.860. The Balaban J connectivity index is 2.69. The zero-order chi connectivity index (χ0) is 9.68. The highest BCUT2D eigenvalue weighted by molar-refractivity contribution is 5.83. The summed E-state index contributed by atoms with van der Waals surface area (Å²) in [7, 11) is 1.65. The first-order chi connectivity index (χ1) is 6.26. The van der Waals surface area contributed by atoms with E-state index in [1.807, 2.05) is 0 Å². The Morgan fingerprint density at radius 2 is 2.08 bits per heavy atom. The van der Waals surface area contributed by atoms with E-state index in [9.17, 15) is 4.39 Å². The second kappa shape index (κ2) is 4.57. The summed E-state index contributed by atoms with van der Waals surface area (Å²) < 4.78 is 12.5. The summed E-state index contributed by atoms with van der Waals surface area (Å²) >= 11 is 0. The molecule has 0 bridgehead atoms. The van der Waals surface area contributed by atoms with Crippen LogP contribution in [0.25, 0.3) is 0 Å². The Morgan fingerprint density at radius 3 is 2.54 bits per heavy atom. The minimum Gasteiger partial charge on any atom is -0.312 e. The molecule has 1 aromatic carbocycles. The molecule has 0 aliphatic rings. The summed E-state index contributed by atoms with van der Waals surface area (Å²) in [5.74, 6) is 5.64. The lowest BCUT2D eigenvalue weighted by atomic mass is 10.1. The van der Waals surface area contributed by atoms with Crippen molar-refractivity contribution in [3.63, 3.8) is 0 Å². The summed E-state index contributed by atoms with van der Waals surface area (Å²) in [5, 5.41) is 0. The van der Waals surface area contributed by atoms with E-state index in [0.29, 0.717) is 12.3 Å². The largest absolute Gasteiger partial charge is 0.312 e. The molecule has 1 rings (SSSR count). The van der Waals surface area contributed by atoms with Gasteiger partial charge in [-0.1, -0.05) is 12.1 Å². The molecule has 13 heavy (non-hydrogen) atoms. The topological polar surface area (TPSA) is 50.4 Å². The number of amidine groups is 1. The van der Waals surface area contributed by atoms with Gasteiger partial charge in [-0.25, -0.2) is 10.2 Å². The lowest BCUT2D eigenvalue weighted by molar-refractivity contribution is 0.627. The van der Waals surface area contributed by atoms with Crippen molar-refractivity contribution in [1.29, 1.82) is 0 Å². The van der Waals surface area contributed by atoms with Crippen molar-refractivity contribution in [1.82, 2.24) is 5.43 Å². The third-order valence-corrected chi connectivity index (χ3v) is 1.72. The van der Waals surface area contributed by atoms with E-state index in [4.69, 9.17) is 5.84 Å². The molecule has 3 nitrogen and oxygen atoms in total. The van der Waals surface area contributed by atoms with Crippen LogP contribution in [0.1, 0.15) is 5.56 Å². The SMILES string of the molecule is CN=C(Cc1ccc(F)cc1)NN. The zero-order valence-corrected chi connectivity index (χ0v) is 7.42. The van der Waals surface area contributed by atoms with Crippen LogP contribution >= 0.6 is 0 Å². The van der Waals surface area contributed by atoms with Gasteiger partial charge in [0.15, 0.2) is 0 Å². The molecule has 4 heteroatoms. The number of aliphatic imine (C=N–C) groups is 1. The van der Waals surface area contributed by atoms with Gasteiger partial charge in [0.25, 0.3) is 0 Å². The summed E-state index contributed by atoms with van der Waals surface area (Å²) in [4.78, 5) is 3.91. The fourth-order valence-corrected chi connectivity index (χ4v) is 0.990. The Morgan fingerprint density at radius 1 is 1.46 bits per heavy atom. The normalized spacial score (nSPS) is 11.5. The highest BCUT2D eigenvalue weighted by Gasteiger charge is 1.98. The number of nitrogens with one attached hydrogen (secondary N) is 1. The van der Waals surface area contributed by atoms with Gasteiger partial charge < -0.3 is 5.43 Å². The summed E-state index contributed by atoms with van der Waals surface area (Å²) in [5.41, 5.74) is 3.44. The van der Waals surface area contributed by atoms with Crippen molar-refractivity contribution in [2.45, 2.75) is 6.42 Å². The van der Waals surface area contributed by atoms with Crippen molar-refractivity contribution in [3.05, 3.63) is 35.6 Å². The highest BCUT2D eigenvalue weighted by atomic mass is 19.1. The van der Waals surface area contributed by atoms with E-state index < -0.39 is 0 Å². The number of halogens is 1. The molecule has 0 radical (unpaired) electrons. The third kappa shape index (κ3) is 2.83. The first kappa shape index (κ1) is 9.67. The Bertz CT molecular complexity index is 292. The molecule has 0 saturated heterocycles. The Kier molecular flexibility index (Phi) is 3.40. The number of nitrogens with two attached hydrogens (primary N) is 1. The molecule has 0 spiro atoms. The van der Waals surface area contributed by atoms with E-state index in [2.05, 4.69) is 10.4 Å². The minimum absolute atomic E-state index is 0.237. The van der Waals surface area contributed by atoms with Crippen LogP contribution < -0.4 is 11.3 Å². The van der Waals surface area contributed by atoms with Gasteiger partial charge in [0, 0.05) is 13.5 Å². The van der Waals surface area contributed by atoms with Crippen LogP contribution in [-0.2, 0) is 6.42 Å².